The molecule has 1 saturated carbocycles. The fraction of sp³-hybridized carbons (Fsp3) is 0.700. The Morgan fingerprint density at radius 3 is 2.77 bits per heavy atom. The van der Waals surface area contributed by atoms with Crippen molar-refractivity contribution < 1.29 is 23.9 Å². The van der Waals surface area contributed by atoms with Crippen LogP contribution in [-0.4, -0.2) is 65.4 Å². The first kappa shape index (κ1) is 23.1. The summed E-state index contributed by atoms with van der Waals surface area (Å²) >= 11 is 0. The molecule has 3 rings (SSSR count). The molecule has 3 N–H and O–H groups in total. The zero-order valence-electron chi connectivity index (χ0n) is 18.0. The predicted octanol–water partition coefficient (Wildman–Crippen LogP) is 1.64. The number of hydrazine groups is 1. The van der Waals surface area contributed by atoms with E-state index < -0.39 is 17.6 Å². The van der Waals surface area contributed by atoms with Crippen LogP contribution in [0, 0.1) is 24.6 Å². The maximum atomic E-state index is 15.1. The van der Waals surface area contributed by atoms with E-state index in [0.29, 0.717) is 36.3 Å². The van der Waals surface area contributed by atoms with Crippen LogP contribution in [-0.2, 0) is 14.3 Å². The molecule has 2 heterocycles. The van der Waals surface area contributed by atoms with Crippen molar-refractivity contribution in [2.75, 3.05) is 37.1 Å². The van der Waals surface area contributed by atoms with Gasteiger partial charge in [-0.3, -0.25) is 25.6 Å². The topological polar surface area (TPSA) is 120 Å². The fourth-order valence-electron chi connectivity index (χ4n) is 4.35. The van der Waals surface area contributed by atoms with E-state index >= 15 is 4.39 Å². The second-order valence-electron chi connectivity index (χ2n) is 8.27. The highest BCUT2D eigenvalue weighted by atomic mass is 19.1. The van der Waals surface area contributed by atoms with Crippen molar-refractivity contribution in [3.05, 3.63) is 11.6 Å². The summed E-state index contributed by atoms with van der Waals surface area (Å²) in [4.78, 5) is 33.7. The van der Waals surface area contributed by atoms with Gasteiger partial charge >= 0.3 is 0 Å². The van der Waals surface area contributed by atoms with Gasteiger partial charge in [-0.2, -0.15) is 4.39 Å². The van der Waals surface area contributed by atoms with Crippen molar-refractivity contribution in [1.82, 2.24) is 20.5 Å². The van der Waals surface area contributed by atoms with Gasteiger partial charge in [0.05, 0.1) is 18.6 Å². The van der Waals surface area contributed by atoms with E-state index in [-0.39, 0.29) is 30.7 Å². The van der Waals surface area contributed by atoms with Crippen LogP contribution in [0.3, 0.4) is 0 Å². The number of methoxy groups -OCH3 is 1. The van der Waals surface area contributed by atoms with Gasteiger partial charge in [0, 0.05) is 20.2 Å². The Bertz CT molecular complexity index is 776. The zero-order chi connectivity index (χ0) is 22.4. The van der Waals surface area contributed by atoms with Crippen LogP contribution < -0.4 is 15.8 Å². The number of carbonyl (C=O) groups excluding carboxylic acids is 2. The number of hydroxylamine groups is 2. The molecule has 1 aromatic rings. The molecule has 0 bridgehead atoms. The van der Waals surface area contributed by atoms with Crippen molar-refractivity contribution in [2.24, 2.45) is 11.8 Å². The quantitative estimate of drug-likeness (QED) is 0.286. The van der Waals surface area contributed by atoms with Crippen LogP contribution in [0.15, 0.2) is 0 Å². The molecule has 172 valence electrons. The Labute approximate surface area is 181 Å². The molecule has 1 aliphatic heterocycles. The van der Waals surface area contributed by atoms with Crippen LogP contribution >= 0.6 is 0 Å². The van der Waals surface area contributed by atoms with Gasteiger partial charge < -0.3 is 9.64 Å². The summed E-state index contributed by atoms with van der Waals surface area (Å²) in [5, 5.41) is 10.0. The third-order valence-corrected chi connectivity index (χ3v) is 6.02. The second-order valence-corrected chi connectivity index (χ2v) is 8.27. The maximum Gasteiger partial charge on any atom is 0.243 e. The number of nitrogens with zero attached hydrogens (tertiary/aromatic N) is 4. The number of halogens is 1. The van der Waals surface area contributed by atoms with E-state index in [2.05, 4.69) is 20.8 Å². The molecule has 0 radical (unpaired) electrons. The number of carbonyl (C=O) groups is 2. The Morgan fingerprint density at radius 1 is 1.39 bits per heavy atom. The molecule has 10 nitrogen and oxygen atoms in total. The number of hydrogen-bond donors (Lipinski definition) is 3. The van der Waals surface area contributed by atoms with E-state index in [1.54, 1.807) is 18.9 Å². The molecule has 1 aliphatic carbocycles. The molecule has 31 heavy (non-hydrogen) atoms. The van der Waals surface area contributed by atoms with Gasteiger partial charge in [-0.15, -0.1) is 0 Å². The number of hydrogen-bond acceptors (Lipinski definition) is 8. The number of amides is 2. The van der Waals surface area contributed by atoms with Gasteiger partial charge in [0.25, 0.3) is 0 Å². The Morgan fingerprint density at radius 2 is 2.13 bits per heavy atom. The van der Waals surface area contributed by atoms with Crippen molar-refractivity contribution in [3.63, 3.8) is 0 Å². The lowest BCUT2D eigenvalue weighted by Crippen LogP contribution is -2.41. The van der Waals surface area contributed by atoms with Gasteiger partial charge in [-0.25, -0.2) is 15.0 Å². The normalized spacial score (nSPS) is 20.0. The molecule has 1 saturated heterocycles. The van der Waals surface area contributed by atoms with Gasteiger partial charge in [-0.1, -0.05) is 25.7 Å². The van der Waals surface area contributed by atoms with Gasteiger partial charge in [0.15, 0.2) is 11.6 Å². The van der Waals surface area contributed by atoms with E-state index in [0.717, 1.165) is 32.1 Å². The average molecular weight is 439 g/mol. The van der Waals surface area contributed by atoms with Crippen molar-refractivity contribution in [3.8, 4) is 0 Å². The highest BCUT2D eigenvalue weighted by Gasteiger charge is 2.29. The number of aromatic nitrogens is 2. The van der Waals surface area contributed by atoms with Gasteiger partial charge in [0.2, 0.25) is 18.1 Å². The van der Waals surface area contributed by atoms with Gasteiger partial charge in [0.1, 0.15) is 5.82 Å². The molecule has 2 atom stereocenters. The maximum absolute atomic E-state index is 15.1. The molecule has 1 aromatic heterocycles. The van der Waals surface area contributed by atoms with E-state index in [1.165, 1.54) is 0 Å². The summed E-state index contributed by atoms with van der Waals surface area (Å²) in [5.41, 5.74) is 5.06. The minimum Gasteiger partial charge on any atom is -0.380 e. The third-order valence-electron chi connectivity index (χ3n) is 6.02. The highest BCUT2D eigenvalue weighted by molar-refractivity contribution is 5.80. The smallest absolute Gasteiger partial charge is 0.243 e. The number of anilines is 2. The molecule has 2 amide bonds. The molecule has 0 spiro atoms. The molecule has 0 aromatic carbocycles. The lowest BCUT2D eigenvalue weighted by molar-refractivity contribution is -0.154. The van der Waals surface area contributed by atoms with E-state index in [4.69, 9.17) is 4.74 Å². The Kier molecular flexibility index (Phi) is 7.97. The number of aryl methyl sites for hydroxylation is 1. The zero-order valence-corrected chi connectivity index (χ0v) is 18.0. The second kappa shape index (κ2) is 10.7. The van der Waals surface area contributed by atoms with Crippen LogP contribution in [0.25, 0.3) is 0 Å². The summed E-state index contributed by atoms with van der Waals surface area (Å²) < 4.78 is 20.4. The molecular formula is C20H31FN6O4. The van der Waals surface area contributed by atoms with Crippen molar-refractivity contribution in [2.45, 2.75) is 51.6 Å². The Hall–Kier alpha value is -2.53. The summed E-state index contributed by atoms with van der Waals surface area (Å²) in [5.74, 6) is -0.973. The molecule has 1 unspecified atom stereocenters. The van der Waals surface area contributed by atoms with E-state index in [9.17, 15) is 14.8 Å². The summed E-state index contributed by atoms with van der Waals surface area (Å²) in [6.07, 6.45) is 5.87. The molecule has 11 heteroatoms. The summed E-state index contributed by atoms with van der Waals surface area (Å²) in [7, 11) is 1.62. The van der Waals surface area contributed by atoms with Crippen LogP contribution in [0.1, 0.15) is 44.3 Å². The first-order valence-corrected chi connectivity index (χ1v) is 10.7. The predicted molar refractivity (Wildman–Crippen MR) is 111 cm³/mol. The minimum absolute atomic E-state index is 0.0152. The monoisotopic (exact) mass is 438 g/mol. The molecular weight excluding hydrogens is 407 g/mol. The minimum atomic E-state index is -0.660. The molecule has 2 fully saturated rings. The number of nitrogens with one attached hydrogen (secondary N) is 2. The summed E-state index contributed by atoms with van der Waals surface area (Å²) in [6.45, 7) is 2.66. The van der Waals surface area contributed by atoms with Crippen LogP contribution in [0.4, 0.5) is 16.0 Å². The lowest BCUT2D eigenvalue weighted by Gasteiger charge is -2.23. The summed E-state index contributed by atoms with van der Waals surface area (Å²) in [6, 6.07) is 0. The third kappa shape index (κ3) is 6.01. The van der Waals surface area contributed by atoms with Crippen LogP contribution in [0.2, 0.25) is 0 Å². The largest absolute Gasteiger partial charge is 0.380 e. The first-order valence-electron chi connectivity index (χ1n) is 10.7. The Balaban J connectivity index is 1.67. The number of rotatable bonds is 10. The molecule has 2 aliphatic rings. The highest BCUT2D eigenvalue weighted by Crippen LogP contribution is 2.31. The van der Waals surface area contributed by atoms with Gasteiger partial charge in [-0.05, 0) is 25.7 Å². The standard InChI is InChI=1S/C20H31FN6O4/c1-13-22-18(17(21)19(23-13)26-8-7-16(11-26)31-2)24-25-20(29)15(10-27(30)12-28)9-14-5-3-4-6-14/h12,14-16,30H,3-11H2,1-2H3,(H,25,29)(H,22,23,24)/t15-,16?/m1/s1. The van der Waals surface area contributed by atoms with E-state index in [1.807, 2.05) is 0 Å². The van der Waals surface area contributed by atoms with Crippen molar-refractivity contribution in [1.29, 1.82) is 0 Å². The first-order chi connectivity index (χ1) is 14.9. The van der Waals surface area contributed by atoms with Crippen LogP contribution in [0.5, 0.6) is 0 Å². The number of ether oxygens (including phenoxy) is 1. The average Bonchev–Trinajstić information content (AvgIpc) is 3.45. The lowest BCUT2D eigenvalue weighted by atomic mass is 9.92. The van der Waals surface area contributed by atoms with Crippen molar-refractivity contribution >= 4 is 24.0 Å². The fourth-order valence-corrected chi connectivity index (χ4v) is 4.35. The SMILES string of the molecule is COC1CCN(c2nc(C)nc(NNC(=O)[C@H](CC3CCCC3)CN(O)C=O)c2F)C1.